The van der Waals surface area contributed by atoms with Gasteiger partial charge >= 0.3 is 0 Å². The third kappa shape index (κ3) is 5.38. The zero-order chi connectivity index (χ0) is 31.2. The highest BCUT2D eigenvalue weighted by Crippen LogP contribution is 2.60. The van der Waals surface area contributed by atoms with Crippen LogP contribution < -0.4 is 15.5 Å². The lowest BCUT2D eigenvalue weighted by Crippen LogP contribution is -2.46. The minimum atomic E-state index is -2.97. The van der Waals surface area contributed by atoms with Crippen molar-refractivity contribution in [1.29, 1.82) is 0 Å². The quantitative estimate of drug-likeness (QED) is 0.334. The van der Waals surface area contributed by atoms with E-state index >= 15 is 0 Å². The number of ether oxygens (including phenoxy) is 1. The highest BCUT2D eigenvalue weighted by atomic mass is 28.4. The van der Waals surface area contributed by atoms with E-state index in [1.807, 2.05) is 68.5 Å². The van der Waals surface area contributed by atoms with E-state index in [0.29, 0.717) is 30.0 Å². The Morgan fingerprint density at radius 1 is 1.14 bits per heavy atom. The maximum absolute atomic E-state index is 14.7. The molecule has 236 valence electrons. The van der Waals surface area contributed by atoms with Crippen LogP contribution in [0.2, 0.25) is 18.6 Å². The Balaban J connectivity index is 1.39. The number of nitrogens with zero attached hydrogens (tertiary/aromatic N) is 2. The number of nitrogens with one attached hydrogen (secondary N) is 2. The van der Waals surface area contributed by atoms with Gasteiger partial charge in [-0.1, -0.05) is 37.3 Å². The van der Waals surface area contributed by atoms with Crippen molar-refractivity contribution in [2.75, 3.05) is 29.9 Å². The van der Waals surface area contributed by atoms with Gasteiger partial charge in [-0.3, -0.25) is 14.4 Å². The first-order valence-electron chi connectivity index (χ1n) is 15.9. The molecule has 4 heterocycles. The van der Waals surface area contributed by atoms with E-state index < -0.39 is 31.5 Å². The average molecular weight is 621 g/mol. The number of hydrogen-bond acceptors (Lipinski definition) is 7. The maximum Gasteiger partial charge on any atom is 0.264 e. The summed E-state index contributed by atoms with van der Waals surface area (Å²) >= 11 is 0. The van der Waals surface area contributed by atoms with Gasteiger partial charge in [0.25, 0.3) is 5.91 Å². The van der Waals surface area contributed by atoms with Crippen molar-refractivity contribution in [1.82, 2.24) is 10.2 Å². The summed E-state index contributed by atoms with van der Waals surface area (Å²) in [6, 6.07) is 14.8. The van der Waals surface area contributed by atoms with Crippen LogP contribution in [-0.4, -0.2) is 78.7 Å². The molecule has 3 fully saturated rings. The van der Waals surface area contributed by atoms with Crippen LogP contribution in [0.3, 0.4) is 0 Å². The standard InChI is InChI=1S/C33H44N4O6Si/c1-21-30(44(2,3)42)28(18-29(39)36-16-8-11-24(36)20-38)43-33(21)25-17-23(35-31(40)26-12-7-15-34-26)13-14-27(25)37(32(33)41)19-22-9-5-4-6-10-22/h4-6,9-10,13-14,17,21,24,26,28,30,34,38,42H,7-8,11-12,15-16,18-20H2,1-3H3,(H,35,40)/t21-,24-,26+,28+,30-,33+/m0/s1. The zero-order valence-electron chi connectivity index (χ0n) is 25.8. The first kappa shape index (κ1) is 30.9. The lowest BCUT2D eigenvalue weighted by molar-refractivity contribution is -0.150. The summed E-state index contributed by atoms with van der Waals surface area (Å²) in [5, 5.41) is 16.1. The van der Waals surface area contributed by atoms with Gasteiger partial charge in [0.1, 0.15) is 0 Å². The lowest BCUT2D eigenvalue weighted by Gasteiger charge is -2.33. The predicted molar refractivity (Wildman–Crippen MR) is 169 cm³/mol. The first-order valence-corrected chi connectivity index (χ1v) is 18.9. The largest absolute Gasteiger partial charge is 0.432 e. The van der Waals surface area contributed by atoms with Crippen molar-refractivity contribution < 1.29 is 29.0 Å². The number of hydrogen-bond donors (Lipinski definition) is 4. The molecule has 0 radical (unpaired) electrons. The zero-order valence-corrected chi connectivity index (χ0v) is 26.8. The number of rotatable bonds is 8. The van der Waals surface area contributed by atoms with E-state index in [9.17, 15) is 24.3 Å². The molecular formula is C33H44N4O6Si. The van der Waals surface area contributed by atoms with Crippen LogP contribution >= 0.6 is 0 Å². The molecule has 4 aliphatic heterocycles. The molecule has 0 unspecified atom stereocenters. The van der Waals surface area contributed by atoms with Crippen molar-refractivity contribution in [3.63, 3.8) is 0 Å². The summed E-state index contributed by atoms with van der Waals surface area (Å²) in [4.78, 5) is 56.4. The molecule has 0 bridgehead atoms. The average Bonchev–Trinajstić information content (AvgIpc) is 3.78. The van der Waals surface area contributed by atoms with Gasteiger partial charge in [-0.15, -0.1) is 0 Å². The van der Waals surface area contributed by atoms with E-state index in [-0.39, 0.29) is 42.8 Å². The van der Waals surface area contributed by atoms with E-state index in [2.05, 4.69) is 10.6 Å². The van der Waals surface area contributed by atoms with Crippen LogP contribution in [0.5, 0.6) is 0 Å². The van der Waals surface area contributed by atoms with Crippen LogP contribution in [0.15, 0.2) is 48.5 Å². The van der Waals surface area contributed by atoms with Crippen LogP contribution in [0.4, 0.5) is 11.4 Å². The number of carbonyl (C=O) groups is 3. The molecule has 2 aromatic rings. The Bertz CT molecular complexity index is 1410. The number of anilines is 2. The summed E-state index contributed by atoms with van der Waals surface area (Å²) in [6.45, 7) is 7.26. The SMILES string of the molecule is C[C@H]1[C@H]([Si](C)(C)O)[C@@H](CC(=O)N2CCC[C@H]2CO)O[C@]12C(=O)N(Cc1ccccc1)c1ccc(NC(=O)[C@H]3CCCN3)cc12. The van der Waals surface area contributed by atoms with E-state index in [4.69, 9.17) is 4.74 Å². The second-order valence-corrected chi connectivity index (χ2v) is 17.4. The summed E-state index contributed by atoms with van der Waals surface area (Å²) < 4.78 is 6.88. The molecule has 44 heavy (non-hydrogen) atoms. The van der Waals surface area contributed by atoms with Gasteiger partial charge in [0, 0.05) is 29.3 Å². The number of likely N-dealkylation sites (tertiary alicyclic amines) is 1. The Morgan fingerprint density at radius 3 is 2.59 bits per heavy atom. The Labute approximate surface area is 259 Å². The number of benzene rings is 2. The molecule has 6 rings (SSSR count). The van der Waals surface area contributed by atoms with Crippen LogP contribution in [0.1, 0.15) is 50.2 Å². The van der Waals surface area contributed by atoms with Crippen LogP contribution in [0.25, 0.3) is 0 Å². The van der Waals surface area contributed by atoms with Gasteiger partial charge in [0.05, 0.1) is 43.4 Å². The molecule has 0 aromatic heterocycles. The molecular weight excluding hydrogens is 576 g/mol. The summed E-state index contributed by atoms with van der Waals surface area (Å²) in [5.41, 5.74) is 1.05. The van der Waals surface area contributed by atoms with Gasteiger partial charge in [-0.05, 0) is 69.1 Å². The predicted octanol–water partition coefficient (Wildman–Crippen LogP) is 3.10. The maximum atomic E-state index is 14.7. The third-order valence-corrected chi connectivity index (χ3v) is 12.6. The van der Waals surface area contributed by atoms with E-state index in [1.54, 1.807) is 9.80 Å². The molecule has 6 atom stereocenters. The monoisotopic (exact) mass is 620 g/mol. The number of aliphatic hydroxyl groups excluding tert-OH is 1. The van der Waals surface area contributed by atoms with Gasteiger partial charge < -0.3 is 35.1 Å². The Morgan fingerprint density at radius 2 is 1.91 bits per heavy atom. The van der Waals surface area contributed by atoms with E-state index in [0.717, 1.165) is 37.8 Å². The normalized spacial score (nSPS) is 29.9. The molecule has 4 N–H and O–H groups in total. The first-order chi connectivity index (χ1) is 21.0. The van der Waals surface area contributed by atoms with Crippen LogP contribution in [0, 0.1) is 5.92 Å². The van der Waals surface area contributed by atoms with Gasteiger partial charge in [0.2, 0.25) is 11.8 Å². The molecule has 0 aliphatic carbocycles. The fourth-order valence-electron chi connectivity index (χ4n) is 8.06. The van der Waals surface area contributed by atoms with E-state index in [1.165, 1.54) is 0 Å². The van der Waals surface area contributed by atoms with Gasteiger partial charge in [0.15, 0.2) is 13.9 Å². The number of amides is 3. The van der Waals surface area contributed by atoms with Gasteiger partial charge in [-0.2, -0.15) is 0 Å². The third-order valence-electron chi connectivity index (χ3n) is 10.1. The summed E-state index contributed by atoms with van der Waals surface area (Å²) in [5.74, 6) is -0.904. The second-order valence-electron chi connectivity index (χ2n) is 13.4. The van der Waals surface area contributed by atoms with Gasteiger partial charge in [-0.25, -0.2) is 0 Å². The lowest BCUT2D eigenvalue weighted by atomic mass is 9.82. The number of carbonyl (C=O) groups excluding carboxylic acids is 3. The molecule has 3 amide bonds. The van der Waals surface area contributed by atoms with Crippen molar-refractivity contribution in [2.24, 2.45) is 5.92 Å². The topological polar surface area (TPSA) is 131 Å². The number of fused-ring (bicyclic) bond motifs is 2. The fraction of sp³-hybridized carbons (Fsp3) is 0.545. The molecule has 2 aromatic carbocycles. The van der Waals surface area contributed by atoms with Crippen molar-refractivity contribution in [3.8, 4) is 0 Å². The van der Waals surface area contributed by atoms with Crippen molar-refractivity contribution in [2.45, 2.75) is 88.0 Å². The molecule has 3 saturated heterocycles. The summed E-state index contributed by atoms with van der Waals surface area (Å²) in [7, 11) is -2.97. The summed E-state index contributed by atoms with van der Waals surface area (Å²) in [6.07, 6.45) is 2.64. The minimum Gasteiger partial charge on any atom is -0.432 e. The van der Waals surface area contributed by atoms with Crippen LogP contribution in [-0.2, 0) is 31.3 Å². The molecule has 4 aliphatic rings. The molecule has 11 heteroatoms. The number of aliphatic hydroxyl groups is 1. The molecule has 0 saturated carbocycles. The molecule has 1 spiro atoms. The minimum absolute atomic E-state index is 0.0231. The highest BCUT2D eigenvalue weighted by molar-refractivity contribution is 6.71. The smallest absolute Gasteiger partial charge is 0.264 e. The Kier molecular flexibility index (Phi) is 8.44. The van der Waals surface area contributed by atoms with Crippen molar-refractivity contribution >= 4 is 37.4 Å². The Hall–Kier alpha value is -3.09. The second kappa shape index (κ2) is 12.0. The highest BCUT2D eigenvalue weighted by Gasteiger charge is 2.66. The van der Waals surface area contributed by atoms with Crippen molar-refractivity contribution in [3.05, 3.63) is 59.7 Å². The molecule has 10 nitrogen and oxygen atoms in total. The fourth-order valence-corrected chi connectivity index (χ4v) is 10.6.